The van der Waals surface area contributed by atoms with Crippen LogP contribution in [0.2, 0.25) is 0 Å². The summed E-state index contributed by atoms with van der Waals surface area (Å²) in [4.78, 5) is 24.1. The van der Waals surface area contributed by atoms with Gasteiger partial charge in [-0.1, -0.05) is 22.0 Å². The van der Waals surface area contributed by atoms with Gasteiger partial charge in [0.2, 0.25) is 5.91 Å². The van der Waals surface area contributed by atoms with Crippen molar-refractivity contribution in [3.63, 3.8) is 0 Å². The minimum atomic E-state index is -0.894. The van der Waals surface area contributed by atoms with E-state index in [2.05, 4.69) is 21.2 Å². The molecule has 6 heteroatoms. The number of hydrogen-bond donors (Lipinski definition) is 2. The lowest BCUT2D eigenvalue weighted by atomic mass is 10.2. The second-order valence-electron chi connectivity index (χ2n) is 4.30. The molecule has 0 saturated heterocycles. The van der Waals surface area contributed by atoms with Gasteiger partial charge in [-0.25, -0.2) is 0 Å². The maximum Gasteiger partial charge on any atom is 0.320 e. The van der Waals surface area contributed by atoms with Crippen LogP contribution in [0.1, 0.15) is 13.3 Å². The Labute approximate surface area is 120 Å². The molecule has 0 aromatic heterocycles. The Hall–Kier alpha value is -1.40. The molecule has 0 radical (unpaired) electrons. The van der Waals surface area contributed by atoms with Gasteiger partial charge in [0.15, 0.2) is 0 Å². The Morgan fingerprint density at radius 2 is 2.16 bits per heavy atom. The first kappa shape index (κ1) is 15.7. The number of rotatable bonds is 6. The van der Waals surface area contributed by atoms with Crippen LogP contribution < -0.4 is 5.32 Å². The van der Waals surface area contributed by atoms with E-state index in [1.807, 2.05) is 18.2 Å². The second kappa shape index (κ2) is 7.25. The van der Waals surface area contributed by atoms with E-state index in [1.54, 1.807) is 24.9 Å². The summed E-state index contributed by atoms with van der Waals surface area (Å²) >= 11 is 3.32. The Kier molecular flexibility index (Phi) is 5.98. The monoisotopic (exact) mass is 328 g/mol. The normalized spacial score (nSPS) is 12.2. The standard InChI is InChI=1S/C13H17BrN2O3/c1-9(13(18)19)16(2)7-6-12(17)15-11-5-3-4-10(14)8-11/h3-5,8-9H,6-7H2,1-2H3,(H,15,17)(H,18,19). The van der Waals surface area contributed by atoms with Crippen LogP contribution in [-0.2, 0) is 9.59 Å². The molecule has 0 spiro atoms. The molecule has 1 aromatic carbocycles. The molecule has 0 aliphatic heterocycles. The Bertz CT molecular complexity index is 465. The lowest BCUT2D eigenvalue weighted by molar-refractivity contribution is -0.142. The number of benzene rings is 1. The quantitative estimate of drug-likeness (QED) is 0.839. The molecule has 0 bridgehead atoms. The summed E-state index contributed by atoms with van der Waals surface area (Å²) in [6, 6.07) is 6.71. The van der Waals surface area contributed by atoms with Gasteiger partial charge in [0.1, 0.15) is 6.04 Å². The molecule has 0 aliphatic rings. The number of nitrogens with one attached hydrogen (secondary N) is 1. The third-order valence-corrected chi connectivity index (χ3v) is 3.31. The molecule has 19 heavy (non-hydrogen) atoms. The van der Waals surface area contributed by atoms with Crippen LogP contribution in [0.25, 0.3) is 0 Å². The van der Waals surface area contributed by atoms with Gasteiger partial charge in [0.25, 0.3) is 0 Å². The maximum absolute atomic E-state index is 11.7. The van der Waals surface area contributed by atoms with Crippen LogP contribution in [0.15, 0.2) is 28.7 Å². The number of halogens is 1. The van der Waals surface area contributed by atoms with Crippen molar-refractivity contribution < 1.29 is 14.7 Å². The first-order chi connectivity index (χ1) is 8.90. The molecule has 1 unspecified atom stereocenters. The molecule has 0 fully saturated rings. The second-order valence-corrected chi connectivity index (χ2v) is 5.22. The van der Waals surface area contributed by atoms with Crippen molar-refractivity contribution in [3.8, 4) is 0 Å². The minimum Gasteiger partial charge on any atom is -0.480 e. The van der Waals surface area contributed by atoms with Crippen LogP contribution in [0.3, 0.4) is 0 Å². The number of hydrogen-bond acceptors (Lipinski definition) is 3. The molecule has 0 heterocycles. The highest BCUT2D eigenvalue weighted by Crippen LogP contribution is 2.15. The lowest BCUT2D eigenvalue weighted by Crippen LogP contribution is -2.37. The highest BCUT2D eigenvalue weighted by atomic mass is 79.9. The first-order valence-corrected chi connectivity index (χ1v) is 6.68. The molecule has 5 nitrogen and oxygen atoms in total. The fourth-order valence-corrected chi connectivity index (χ4v) is 1.85. The third-order valence-electron chi connectivity index (χ3n) is 2.82. The van der Waals surface area contributed by atoms with E-state index >= 15 is 0 Å². The molecular formula is C13H17BrN2O3. The topological polar surface area (TPSA) is 69.6 Å². The Morgan fingerprint density at radius 1 is 1.47 bits per heavy atom. The summed E-state index contributed by atoms with van der Waals surface area (Å²) in [5.74, 6) is -1.03. The SMILES string of the molecule is CC(C(=O)O)N(C)CCC(=O)Nc1cccc(Br)c1. The molecular weight excluding hydrogens is 312 g/mol. The third kappa shape index (κ3) is 5.40. The van der Waals surface area contributed by atoms with E-state index in [0.29, 0.717) is 12.2 Å². The van der Waals surface area contributed by atoms with Crippen LogP contribution in [0, 0.1) is 0 Å². The number of anilines is 1. The summed E-state index contributed by atoms with van der Waals surface area (Å²) in [6.45, 7) is 1.99. The molecule has 0 aliphatic carbocycles. The first-order valence-electron chi connectivity index (χ1n) is 5.88. The van der Waals surface area contributed by atoms with Gasteiger partial charge < -0.3 is 10.4 Å². The molecule has 1 aromatic rings. The number of carboxylic acid groups (broad SMARTS) is 1. The number of carbonyl (C=O) groups is 2. The van der Waals surface area contributed by atoms with E-state index in [1.165, 1.54) is 0 Å². The van der Waals surface area contributed by atoms with Crippen molar-refractivity contribution in [2.75, 3.05) is 18.9 Å². The molecule has 104 valence electrons. The summed E-state index contributed by atoms with van der Waals surface area (Å²) < 4.78 is 0.891. The van der Waals surface area contributed by atoms with Gasteiger partial charge in [-0.05, 0) is 32.2 Å². The summed E-state index contributed by atoms with van der Waals surface area (Å²) in [5.41, 5.74) is 0.716. The number of nitrogens with zero attached hydrogens (tertiary/aromatic N) is 1. The van der Waals surface area contributed by atoms with E-state index in [-0.39, 0.29) is 12.3 Å². The minimum absolute atomic E-state index is 0.137. The lowest BCUT2D eigenvalue weighted by Gasteiger charge is -2.20. The largest absolute Gasteiger partial charge is 0.480 e. The fourth-order valence-electron chi connectivity index (χ4n) is 1.45. The summed E-state index contributed by atoms with van der Waals surface area (Å²) in [6.07, 6.45) is 0.251. The van der Waals surface area contributed by atoms with Crippen molar-refractivity contribution in [2.24, 2.45) is 0 Å². The van der Waals surface area contributed by atoms with E-state index < -0.39 is 12.0 Å². The molecule has 1 rings (SSSR count). The molecule has 1 amide bonds. The van der Waals surface area contributed by atoms with Crippen molar-refractivity contribution in [2.45, 2.75) is 19.4 Å². The average Bonchev–Trinajstić information content (AvgIpc) is 2.34. The fraction of sp³-hybridized carbons (Fsp3) is 0.385. The Morgan fingerprint density at radius 3 is 2.74 bits per heavy atom. The van der Waals surface area contributed by atoms with Crippen molar-refractivity contribution >= 4 is 33.5 Å². The van der Waals surface area contributed by atoms with Crippen molar-refractivity contribution in [3.05, 3.63) is 28.7 Å². The highest BCUT2D eigenvalue weighted by Gasteiger charge is 2.17. The molecule has 0 saturated carbocycles. The van der Waals surface area contributed by atoms with E-state index in [9.17, 15) is 9.59 Å². The van der Waals surface area contributed by atoms with Gasteiger partial charge in [-0.3, -0.25) is 14.5 Å². The Balaban J connectivity index is 2.42. The predicted octanol–water partition coefficient (Wildman–Crippen LogP) is 2.18. The van der Waals surface area contributed by atoms with Gasteiger partial charge in [0.05, 0.1) is 0 Å². The number of aliphatic carboxylic acids is 1. The van der Waals surface area contributed by atoms with Gasteiger partial charge in [0, 0.05) is 23.1 Å². The average molecular weight is 329 g/mol. The van der Waals surface area contributed by atoms with E-state index in [4.69, 9.17) is 5.11 Å². The summed E-state index contributed by atoms with van der Waals surface area (Å²) in [5, 5.41) is 11.6. The van der Waals surface area contributed by atoms with Crippen LogP contribution >= 0.6 is 15.9 Å². The van der Waals surface area contributed by atoms with E-state index in [0.717, 1.165) is 4.47 Å². The van der Waals surface area contributed by atoms with Crippen LogP contribution in [-0.4, -0.2) is 41.5 Å². The zero-order valence-electron chi connectivity index (χ0n) is 10.9. The van der Waals surface area contributed by atoms with Crippen molar-refractivity contribution in [1.29, 1.82) is 0 Å². The van der Waals surface area contributed by atoms with Crippen LogP contribution in [0.5, 0.6) is 0 Å². The number of amides is 1. The number of carbonyl (C=O) groups excluding carboxylic acids is 1. The molecule has 2 N–H and O–H groups in total. The zero-order chi connectivity index (χ0) is 14.4. The molecule has 1 atom stereocenters. The zero-order valence-corrected chi connectivity index (χ0v) is 12.5. The summed E-state index contributed by atoms with van der Waals surface area (Å²) in [7, 11) is 1.69. The smallest absolute Gasteiger partial charge is 0.320 e. The van der Waals surface area contributed by atoms with Gasteiger partial charge >= 0.3 is 5.97 Å². The highest BCUT2D eigenvalue weighted by molar-refractivity contribution is 9.10. The number of likely N-dealkylation sites (N-methyl/N-ethyl adjacent to an activating group) is 1. The number of carboxylic acids is 1. The maximum atomic E-state index is 11.7. The van der Waals surface area contributed by atoms with Gasteiger partial charge in [-0.2, -0.15) is 0 Å². The predicted molar refractivity (Wildman–Crippen MR) is 77.1 cm³/mol. The van der Waals surface area contributed by atoms with Crippen LogP contribution in [0.4, 0.5) is 5.69 Å². The van der Waals surface area contributed by atoms with Crippen molar-refractivity contribution in [1.82, 2.24) is 4.90 Å². The van der Waals surface area contributed by atoms with Gasteiger partial charge in [-0.15, -0.1) is 0 Å².